The van der Waals surface area contributed by atoms with Crippen molar-refractivity contribution in [3.8, 4) is 0 Å². The molecular weight excluding hydrogens is 592 g/mol. The van der Waals surface area contributed by atoms with Crippen molar-refractivity contribution < 1.29 is 14.4 Å². The number of aliphatic imine (C=N–C) groups is 1. The van der Waals surface area contributed by atoms with Crippen molar-refractivity contribution in [1.82, 2.24) is 20.9 Å². The van der Waals surface area contributed by atoms with Crippen LogP contribution in [-0.2, 0) is 27.2 Å². The molecule has 0 aliphatic rings. The van der Waals surface area contributed by atoms with Crippen LogP contribution in [0.5, 0.6) is 0 Å². The molecule has 242 valence electrons. The topological polar surface area (TPSA) is 181 Å². The fraction of sp³-hybridized carbons (Fsp3) is 0.394. The van der Waals surface area contributed by atoms with E-state index in [0.717, 1.165) is 21.9 Å². The monoisotopic (exact) mass is 636 g/mol. The summed E-state index contributed by atoms with van der Waals surface area (Å²) in [7, 11) is 1.57. The van der Waals surface area contributed by atoms with Gasteiger partial charge in [-0.25, -0.2) is 0 Å². The minimum Gasteiger partial charge on any atom is -0.370 e. The number of nitrogens with two attached hydrogens (primary N) is 3. The number of nitrogens with zero attached hydrogens (tertiary/aromatic N) is 2. The zero-order valence-corrected chi connectivity index (χ0v) is 26.7. The van der Waals surface area contributed by atoms with Crippen molar-refractivity contribution in [2.24, 2.45) is 22.2 Å². The Hall–Kier alpha value is -4.19. The van der Waals surface area contributed by atoms with Gasteiger partial charge in [0.05, 0.1) is 12.1 Å². The average Bonchev–Trinajstić information content (AvgIpc) is 3.04. The summed E-state index contributed by atoms with van der Waals surface area (Å²) in [5.74, 6) is -0.789. The van der Waals surface area contributed by atoms with Crippen LogP contribution in [0, 0.1) is 0 Å². The first kappa shape index (κ1) is 35.3. The zero-order valence-electron chi connectivity index (χ0n) is 26.0. The molecule has 3 aromatic carbocycles. The SMILES string of the molecule is CCN(C(=O)C(CCCN=C(N)N)NCCNC(=O)C(N)Cc1ccc(Cl)cc1)C(Cc1ccc2ccccc2c1)C(=O)NC. The summed E-state index contributed by atoms with van der Waals surface area (Å²) in [6, 6.07) is 19.2. The van der Waals surface area contributed by atoms with E-state index in [1.54, 1.807) is 24.1 Å². The van der Waals surface area contributed by atoms with Gasteiger partial charge in [0.1, 0.15) is 6.04 Å². The zero-order chi connectivity index (χ0) is 32.8. The van der Waals surface area contributed by atoms with Crippen molar-refractivity contribution in [3.05, 3.63) is 82.9 Å². The Bertz CT molecular complexity index is 1450. The smallest absolute Gasteiger partial charge is 0.242 e. The van der Waals surface area contributed by atoms with E-state index < -0.39 is 18.1 Å². The lowest BCUT2D eigenvalue weighted by molar-refractivity contribution is -0.141. The molecule has 3 aromatic rings. The van der Waals surface area contributed by atoms with Crippen LogP contribution in [0.25, 0.3) is 10.8 Å². The summed E-state index contributed by atoms with van der Waals surface area (Å²) in [5.41, 5.74) is 18.9. The lowest BCUT2D eigenvalue weighted by Gasteiger charge is -2.33. The first-order chi connectivity index (χ1) is 21.6. The first-order valence-corrected chi connectivity index (χ1v) is 15.6. The molecule has 9 N–H and O–H groups in total. The van der Waals surface area contributed by atoms with E-state index in [1.165, 1.54) is 0 Å². The Balaban J connectivity index is 1.68. The number of amides is 3. The maximum Gasteiger partial charge on any atom is 0.242 e. The molecule has 0 saturated heterocycles. The number of carbonyl (C=O) groups is 3. The number of likely N-dealkylation sites (N-methyl/N-ethyl adjacent to an activating group) is 2. The van der Waals surface area contributed by atoms with E-state index in [0.29, 0.717) is 50.3 Å². The van der Waals surface area contributed by atoms with E-state index in [2.05, 4.69) is 27.0 Å². The molecule has 0 fully saturated rings. The highest BCUT2D eigenvalue weighted by Crippen LogP contribution is 2.19. The minimum atomic E-state index is -0.734. The molecule has 11 nitrogen and oxygen atoms in total. The highest BCUT2D eigenvalue weighted by atomic mass is 35.5. The summed E-state index contributed by atoms with van der Waals surface area (Å²) in [6.07, 6.45) is 1.68. The van der Waals surface area contributed by atoms with Crippen molar-refractivity contribution in [1.29, 1.82) is 0 Å². The van der Waals surface area contributed by atoms with E-state index in [-0.39, 0.29) is 30.2 Å². The number of halogens is 1. The Morgan fingerprint density at radius 3 is 2.27 bits per heavy atom. The second-order valence-electron chi connectivity index (χ2n) is 10.8. The molecular formula is C33H45ClN8O3. The number of benzene rings is 3. The van der Waals surface area contributed by atoms with Gasteiger partial charge in [-0.1, -0.05) is 66.2 Å². The predicted molar refractivity (Wildman–Crippen MR) is 181 cm³/mol. The van der Waals surface area contributed by atoms with Gasteiger partial charge in [0.15, 0.2) is 5.96 Å². The largest absolute Gasteiger partial charge is 0.370 e. The minimum absolute atomic E-state index is 0.0197. The van der Waals surface area contributed by atoms with Gasteiger partial charge in [-0.3, -0.25) is 19.4 Å². The summed E-state index contributed by atoms with van der Waals surface area (Å²) < 4.78 is 0. The molecule has 0 radical (unpaired) electrons. The van der Waals surface area contributed by atoms with Crippen molar-refractivity contribution >= 4 is 46.1 Å². The fourth-order valence-corrected chi connectivity index (χ4v) is 5.30. The number of carbonyl (C=O) groups excluding carboxylic acids is 3. The third-order valence-electron chi connectivity index (χ3n) is 7.56. The quantitative estimate of drug-likeness (QED) is 0.0741. The van der Waals surface area contributed by atoms with Gasteiger partial charge in [-0.05, 0) is 60.2 Å². The van der Waals surface area contributed by atoms with Gasteiger partial charge in [0, 0.05) is 44.7 Å². The molecule has 0 spiro atoms. The number of hydrogen-bond donors (Lipinski definition) is 6. The van der Waals surface area contributed by atoms with E-state index >= 15 is 0 Å². The third kappa shape index (κ3) is 11.0. The molecule has 45 heavy (non-hydrogen) atoms. The molecule has 3 rings (SSSR count). The van der Waals surface area contributed by atoms with Gasteiger partial charge in [-0.15, -0.1) is 0 Å². The van der Waals surface area contributed by atoms with Crippen LogP contribution in [0.2, 0.25) is 5.02 Å². The Kier molecular flexibility index (Phi) is 14.1. The van der Waals surface area contributed by atoms with Crippen LogP contribution >= 0.6 is 11.6 Å². The summed E-state index contributed by atoms with van der Waals surface area (Å²) in [5, 5.41) is 11.6. The molecule has 0 saturated carbocycles. The molecule has 0 aliphatic heterocycles. The molecule has 0 aliphatic carbocycles. The summed E-state index contributed by atoms with van der Waals surface area (Å²) in [6.45, 7) is 3.10. The molecule has 0 heterocycles. The lowest BCUT2D eigenvalue weighted by Crippen LogP contribution is -2.56. The van der Waals surface area contributed by atoms with Crippen LogP contribution in [0.15, 0.2) is 71.7 Å². The molecule has 3 atom stereocenters. The van der Waals surface area contributed by atoms with Gasteiger partial charge in [-0.2, -0.15) is 0 Å². The predicted octanol–water partition coefficient (Wildman–Crippen LogP) is 1.70. The third-order valence-corrected chi connectivity index (χ3v) is 7.81. The van der Waals surface area contributed by atoms with Crippen LogP contribution < -0.4 is 33.2 Å². The van der Waals surface area contributed by atoms with Crippen LogP contribution in [0.4, 0.5) is 0 Å². The molecule has 0 aromatic heterocycles. The van der Waals surface area contributed by atoms with Crippen LogP contribution in [0.1, 0.15) is 30.9 Å². The van der Waals surface area contributed by atoms with Gasteiger partial charge in [0.2, 0.25) is 17.7 Å². The number of fused-ring (bicyclic) bond motifs is 1. The van der Waals surface area contributed by atoms with Crippen LogP contribution in [-0.4, -0.2) is 79.9 Å². The first-order valence-electron chi connectivity index (χ1n) is 15.2. The van der Waals surface area contributed by atoms with Crippen molar-refractivity contribution in [2.45, 2.75) is 50.7 Å². The maximum atomic E-state index is 14.0. The second kappa shape index (κ2) is 17.9. The Labute approximate surface area is 269 Å². The maximum absolute atomic E-state index is 14.0. The number of hydrogen-bond acceptors (Lipinski definition) is 6. The second-order valence-corrected chi connectivity index (χ2v) is 11.3. The summed E-state index contributed by atoms with van der Waals surface area (Å²) >= 11 is 5.94. The molecule has 3 unspecified atom stereocenters. The number of nitrogens with one attached hydrogen (secondary N) is 3. The fourth-order valence-electron chi connectivity index (χ4n) is 5.18. The standard InChI is InChI=1S/C33H45ClN8O3/c1-3-42(29(31(44)38-2)21-23-10-13-24-7-4-5-8-25(24)19-23)32(45)28(9-6-16-41-33(36)37)39-17-18-40-30(43)27(35)20-22-11-14-26(34)15-12-22/h4-5,7-8,10-15,19,27-29,39H,3,6,9,16-18,20-21,35H2,1-2H3,(H,38,44)(H,40,43)(H4,36,37,41). The highest BCUT2D eigenvalue weighted by Gasteiger charge is 2.32. The molecule has 12 heteroatoms. The van der Waals surface area contributed by atoms with Crippen LogP contribution in [0.3, 0.4) is 0 Å². The van der Waals surface area contributed by atoms with Gasteiger partial charge < -0.3 is 38.1 Å². The Morgan fingerprint density at radius 2 is 1.60 bits per heavy atom. The van der Waals surface area contributed by atoms with Gasteiger partial charge >= 0.3 is 0 Å². The molecule has 3 amide bonds. The van der Waals surface area contributed by atoms with E-state index in [9.17, 15) is 14.4 Å². The van der Waals surface area contributed by atoms with Crippen molar-refractivity contribution in [2.75, 3.05) is 33.2 Å². The average molecular weight is 637 g/mol. The van der Waals surface area contributed by atoms with Gasteiger partial charge in [0.25, 0.3) is 0 Å². The van der Waals surface area contributed by atoms with E-state index in [4.69, 9.17) is 28.8 Å². The number of guanidine groups is 1. The molecule has 0 bridgehead atoms. The normalized spacial score (nSPS) is 13.0. The highest BCUT2D eigenvalue weighted by molar-refractivity contribution is 6.30. The summed E-state index contributed by atoms with van der Waals surface area (Å²) in [4.78, 5) is 45.4. The number of rotatable bonds is 17. The van der Waals surface area contributed by atoms with Crippen molar-refractivity contribution in [3.63, 3.8) is 0 Å². The van der Waals surface area contributed by atoms with E-state index in [1.807, 2.05) is 55.5 Å². The Morgan fingerprint density at radius 1 is 0.911 bits per heavy atom. The lowest BCUT2D eigenvalue weighted by atomic mass is 9.99.